The maximum Gasteiger partial charge on any atom is 0.427 e. The first-order chi connectivity index (χ1) is 7.17. The fraction of sp³-hybridized carbons (Fsp3) is 1.00. The Labute approximate surface area is 117 Å². The third-order valence-electron chi connectivity index (χ3n) is 1.34. The number of nitrogens with zero attached hydrogens (tertiary/aromatic N) is 1. The van der Waals surface area contributed by atoms with E-state index in [1.54, 1.807) is 52.2 Å². The highest BCUT2D eigenvalue weighted by atomic mass is 79.9. The first-order valence-corrected chi connectivity index (χ1v) is 6.53. The Bertz CT molecular complexity index is 320. The molecule has 0 aromatic heterocycles. The zero-order chi connectivity index (χ0) is 14.3. The predicted molar refractivity (Wildman–Crippen MR) is 56.4 cm³/mol. The highest BCUT2D eigenvalue weighted by Crippen LogP contribution is 2.60. The molecule has 0 rings (SSSR count). The van der Waals surface area contributed by atoms with Gasteiger partial charge in [-0.25, -0.2) is 0 Å². The zero-order valence-corrected chi connectivity index (χ0v) is 12.6. The van der Waals surface area contributed by atoms with Crippen molar-refractivity contribution >= 4 is 59.3 Å². The Morgan fingerprint density at radius 3 is 1.29 bits per heavy atom. The number of hydrogen-bond donors (Lipinski definition) is 0. The van der Waals surface area contributed by atoms with Crippen LogP contribution in [0.4, 0.5) is 34.1 Å². The van der Waals surface area contributed by atoms with Crippen molar-refractivity contribution in [1.29, 1.82) is 0 Å². The van der Waals surface area contributed by atoms with Crippen molar-refractivity contribution in [3.63, 3.8) is 0 Å². The molecule has 0 aromatic rings. The van der Waals surface area contributed by atoms with Gasteiger partial charge in [0.05, 0.1) is 0 Å². The Balaban J connectivity index is 5.93. The summed E-state index contributed by atoms with van der Waals surface area (Å²) < 4.78 is 92.0. The SMILES string of the molecule is FS(F)=NC(Br)(C(F)(F)F)C(Br)(Br)C(F)(F)F. The van der Waals surface area contributed by atoms with E-state index in [1.165, 1.54) is 0 Å². The van der Waals surface area contributed by atoms with Gasteiger partial charge >= 0.3 is 12.4 Å². The summed E-state index contributed by atoms with van der Waals surface area (Å²) in [6, 6.07) is 0. The lowest BCUT2D eigenvalue weighted by Gasteiger charge is -2.37. The lowest BCUT2D eigenvalue weighted by molar-refractivity contribution is -0.200. The maximum atomic E-state index is 12.5. The smallest absolute Gasteiger partial charge is 0.175 e. The van der Waals surface area contributed by atoms with Gasteiger partial charge in [0.1, 0.15) is 0 Å². The normalized spacial score (nSPS) is 18.1. The second kappa shape index (κ2) is 5.19. The zero-order valence-electron chi connectivity index (χ0n) is 7.01. The molecule has 0 N–H and O–H groups in total. The second-order valence-electron chi connectivity index (χ2n) is 2.48. The van der Waals surface area contributed by atoms with E-state index < -0.39 is 31.5 Å². The van der Waals surface area contributed by atoms with Crippen LogP contribution in [-0.2, 0) is 11.5 Å². The molecule has 0 bridgehead atoms. The van der Waals surface area contributed by atoms with E-state index >= 15 is 0 Å². The van der Waals surface area contributed by atoms with Gasteiger partial charge in [-0.3, -0.25) is 0 Å². The van der Waals surface area contributed by atoms with E-state index in [0.29, 0.717) is 0 Å². The fourth-order valence-electron chi connectivity index (χ4n) is 0.570. The summed E-state index contributed by atoms with van der Waals surface area (Å²) >= 11 is 0.754. The minimum atomic E-state index is -5.71. The largest absolute Gasteiger partial charge is 0.427 e. The minimum absolute atomic E-state index is 1.59. The topological polar surface area (TPSA) is 12.4 Å². The van der Waals surface area contributed by atoms with Crippen LogP contribution < -0.4 is 0 Å². The van der Waals surface area contributed by atoms with Crippen LogP contribution in [0.5, 0.6) is 0 Å². The number of rotatable bonds is 2. The van der Waals surface area contributed by atoms with Crippen LogP contribution >= 0.6 is 47.8 Å². The van der Waals surface area contributed by atoms with Crippen LogP contribution in [0, 0.1) is 0 Å². The van der Waals surface area contributed by atoms with Crippen LogP contribution in [-0.4, -0.2) is 20.0 Å². The first kappa shape index (κ1) is 18.0. The molecule has 1 atom stereocenters. The molecule has 104 valence electrons. The third kappa shape index (κ3) is 3.53. The molecular formula is C4Br3F8NS. The van der Waals surface area contributed by atoms with Crippen molar-refractivity contribution in [1.82, 2.24) is 0 Å². The molecule has 13 heteroatoms. The van der Waals surface area contributed by atoms with Crippen molar-refractivity contribution < 1.29 is 34.1 Å². The van der Waals surface area contributed by atoms with Gasteiger partial charge in [0.25, 0.3) is 15.9 Å². The van der Waals surface area contributed by atoms with Crippen LogP contribution in [0.1, 0.15) is 0 Å². The molecule has 0 saturated carbocycles. The number of halogens is 11. The van der Waals surface area contributed by atoms with Gasteiger partial charge in [0.15, 0.2) is 0 Å². The van der Waals surface area contributed by atoms with E-state index in [0.717, 1.165) is 0 Å². The Hall–Kier alpha value is 1.03. The van der Waals surface area contributed by atoms with E-state index in [2.05, 4.69) is 0 Å². The molecule has 0 amide bonds. The van der Waals surface area contributed by atoms with E-state index in [-0.39, 0.29) is 0 Å². The number of alkyl halides is 9. The summed E-state index contributed by atoms with van der Waals surface area (Å²) in [4.78, 5) is 0. The monoisotopic (exact) mass is 483 g/mol. The molecule has 0 aromatic carbocycles. The predicted octanol–water partition coefficient (Wildman–Crippen LogP) is 5.26. The molecule has 0 aliphatic heterocycles. The molecule has 17 heavy (non-hydrogen) atoms. The number of hydrogen-bond acceptors (Lipinski definition) is 1. The molecule has 0 fully saturated rings. The summed E-state index contributed by atoms with van der Waals surface area (Å²) in [7, 11) is 0. The van der Waals surface area contributed by atoms with Crippen LogP contribution in [0.15, 0.2) is 4.36 Å². The average Bonchev–Trinajstić information content (AvgIpc) is 1.97. The summed E-state index contributed by atoms with van der Waals surface area (Å²) in [6.07, 6.45) is -11.2. The van der Waals surface area contributed by atoms with Crippen LogP contribution in [0.2, 0.25) is 0 Å². The molecule has 1 nitrogen and oxygen atoms in total. The lowest BCUT2D eigenvalue weighted by atomic mass is 10.2. The second-order valence-corrected chi connectivity index (χ2v) is 7.65. The van der Waals surface area contributed by atoms with Gasteiger partial charge in [0, 0.05) is 0 Å². The van der Waals surface area contributed by atoms with Gasteiger partial charge in [-0.05, 0) is 15.9 Å². The lowest BCUT2D eigenvalue weighted by Crippen LogP contribution is -2.57. The fourth-order valence-corrected chi connectivity index (χ4v) is 2.42. The third-order valence-corrected chi connectivity index (χ3v) is 6.32. The summed E-state index contributed by atoms with van der Waals surface area (Å²) in [6.45, 7) is 0. The van der Waals surface area contributed by atoms with Crippen molar-refractivity contribution in [3.05, 3.63) is 0 Å². The van der Waals surface area contributed by atoms with Gasteiger partial charge in [-0.2, -0.15) is 30.7 Å². The van der Waals surface area contributed by atoms with Crippen LogP contribution in [0.3, 0.4) is 0 Å². The highest BCUT2D eigenvalue weighted by molar-refractivity contribution is 9.26. The average molecular weight is 486 g/mol. The summed E-state index contributed by atoms with van der Waals surface area (Å²) in [5, 5.41) is 0. The molecule has 1 unspecified atom stereocenters. The summed E-state index contributed by atoms with van der Waals surface area (Å²) in [5.41, 5.74) is 0. The molecule has 0 aliphatic carbocycles. The standard InChI is InChI=1S/C4Br3F8NS/c5-1(6,3(8,9)10)2(7,4(11,12)13)16-17(14)15. The Morgan fingerprint density at radius 1 is 0.765 bits per heavy atom. The molecule has 0 spiro atoms. The highest BCUT2D eigenvalue weighted by Gasteiger charge is 2.75. The van der Waals surface area contributed by atoms with E-state index in [9.17, 15) is 34.1 Å². The van der Waals surface area contributed by atoms with Crippen molar-refractivity contribution in [2.45, 2.75) is 20.0 Å². The van der Waals surface area contributed by atoms with Crippen molar-refractivity contribution in [3.8, 4) is 0 Å². The Morgan fingerprint density at radius 2 is 1.12 bits per heavy atom. The van der Waals surface area contributed by atoms with Crippen molar-refractivity contribution in [2.24, 2.45) is 4.36 Å². The molecule has 0 aliphatic rings. The van der Waals surface area contributed by atoms with Gasteiger partial charge < -0.3 is 0 Å². The molecule has 0 saturated heterocycles. The molecule has 0 radical (unpaired) electrons. The van der Waals surface area contributed by atoms with E-state index in [4.69, 9.17) is 0 Å². The summed E-state index contributed by atoms with van der Waals surface area (Å²) in [5.74, 6) is 0. The van der Waals surface area contributed by atoms with E-state index in [1.807, 2.05) is 0 Å². The quantitative estimate of drug-likeness (QED) is 0.287. The minimum Gasteiger partial charge on any atom is -0.175 e. The maximum absolute atomic E-state index is 12.5. The molecular weight excluding hydrogens is 486 g/mol. The van der Waals surface area contributed by atoms with Crippen LogP contribution in [0.25, 0.3) is 0 Å². The van der Waals surface area contributed by atoms with Crippen molar-refractivity contribution in [2.75, 3.05) is 0 Å². The Kier molecular flexibility index (Phi) is 5.51. The molecule has 0 heterocycles. The first-order valence-electron chi connectivity index (χ1n) is 3.17. The van der Waals surface area contributed by atoms with Gasteiger partial charge in [-0.1, -0.05) is 31.9 Å². The van der Waals surface area contributed by atoms with Gasteiger partial charge in [-0.15, -0.1) is 7.77 Å². The van der Waals surface area contributed by atoms with Gasteiger partial charge in [0.2, 0.25) is 3.23 Å².